The van der Waals surface area contributed by atoms with Crippen molar-refractivity contribution in [2.45, 2.75) is 0 Å². The first kappa shape index (κ1) is 11.0. The minimum atomic E-state index is -0.261. The van der Waals surface area contributed by atoms with Gasteiger partial charge < -0.3 is 4.98 Å². The van der Waals surface area contributed by atoms with E-state index in [4.69, 9.17) is 0 Å². The lowest BCUT2D eigenvalue weighted by Crippen LogP contribution is -2.22. The minimum absolute atomic E-state index is 0.246. The SMILES string of the molecule is CN1C(=O)S/C(=C\c2c[nH]c3ccncc23)C1=O. The van der Waals surface area contributed by atoms with E-state index < -0.39 is 0 Å². The van der Waals surface area contributed by atoms with E-state index in [1.807, 2.05) is 6.07 Å². The number of nitrogens with one attached hydrogen (secondary N) is 1. The molecule has 3 heterocycles. The summed E-state index contributed by atoms with van der Waals surface area (Å²) in [6, 6.07) is 1.86. The van der Waals surface area contributed by atoms with E-state index in [1.165, 1.54) is 7.05 Å². The third-order valence-corrected chi connectivity index (χ3v) is 3.75. The van der Waals surface area contributed by atoms with Gasteiger partial charge in [-0.1, -0.05) is 0 Å². The molecule has 90 valence electrons. The van der Waals surface area contributed by atoms with Crippen molar-refractivity contribution in [2.24, 2.45) is 0 Å². The van der Waals surface area contributed by atoms with Gasteiger partial charge in [-0.2, -0.15) is 0 Å². The molecule has 1 N–H and O–H groups in total. The number of pyridine rings is 1. The van der Waals surface area contributed by atoms with Crippen molar-refractivity contribution in [2.75, 3.05) is 7.05 Å². The van der Waals surface area contributed by atoms with E-state index in [0.717, 1.165) is 33.1 Å². The molecular formula is C12H9N3O2S. The first-order chi connectivity index (χ1) is 8.66. The Kier molecular flexibility index (Phi) is 2.45. The number of nitrogens with zero attached hydrogens (tertiary/aromatic N) is 2. The van der Waals surface area contributed by atoms with Crippen molar-refractivity contribution in [1.29, 1.82) is 0 Å². The summed E-state index contributed by atoms with van der Waals surface area (Å²) in [5.41, 5.74) is 1.81. The number of aromatic nitrogens is 2. The molecule has 18 heavy (non-hydrogen) atoms. The first-order valence-corrected chi connectivity index (χ1v) is 6.11. The van der Waals surface area contributed by atoms with E-state index in [9.17, 15) is 9.59 Å². The molecule has 0 aromatic carbocycles. The molecule has 0 saturated carbocycles. The quantitative estimate of drug-likeness (QED) is 0.797. The van der Waals surface area contributed by atoms with Gasteiger partial charge in [-0.3, -0.25) is 19.5 Å². The van der Waals surface area contributed by atoms with Gasteiger partial charge in [0.05, 0.1) is 4.91 Å². The number of thioether (sulfide) groups is 1. The second-order valence-electron chi connectivity index (χ2n) is 3.91. The molecule has 2 aromatic rings. The van der Waals surface area contributed by atoms with Crippen LogP contribution in [0.1, 0.15) is 5.56 Å². The fraction of sp³-hybridized carbons (Fsp3) is 0.0833. The van der Waals surface area contributed by atoms with Crippen LogP contribution in [-0.4, -0.2) is 33.1 Å². The number of rotatable bonds is 1. The van der Waals surface area contributed by atoms with Crippen molar-refractivity contribution in [3.8, 4) is 0 Å². The Morgan fingerprint density at radius 2 is 2.28 bits per heavy atom. The molecule has 0 atom stereocenters. The maximum atomic E-state index is 11.8. The summed E-state index contributed by atoms with van der Waals surface area (Å²) in [4.78, 5) is 31.9. The number of imide groups is 1. The highest BCUT2D eigenvalue weighted by atomic mass is 32.2. The maximum absolute atomic E-state index is 11.8. The van der Waals surface area contributed by atoms with Gasteiger partial charge in [-0.25, -0.2) is 0 Å². The lowest BCUT2D eigenvalue weighted by Gasteiger charge is -2.00. The Balaban J connectivity index is 2.07. The monoisotopic (exact) mass is 259 g/mol. The third kappa shape index (κ3) is 1.62. The molecule has 2 aromatic heterocycles. The van der Waals surface area contributed by atoms with Crippen molar-refractivity contribution in [1.82, 2.24) is 14.9 Å². The number of amides is 2. The molecule has 3 rings (SSSR count). The van der Waals surface area contributed by atoms with E-state index in [2.05, 4.69) is 9.97 Å². The predicted molar refractivity (Wildman–Crippen MR) is 69.8 cm³/mol. The van der Waals surface area contributed by atoms with E-state index in [0.29, 0.717) is 4.91 Å². The number of H-pyrrole nitrogens is 1. The Labute approximate surface area is 107 Å². The standard InChI is InChI=1S/C12H9N3O2S/c1-15-11(16)10(18-12(15)17)4-7-5-14-9-2-3-13-6-8(7)9/h2-6,14H,1H3/b10-4-. The zero-order valence-electron chi connectivity index (χ0n) is 9.51. The van der Waals surface area contributed by atoms with Crippen molar-refractivity contribution >= 4 is 39.9 Å². The van der Waals surface area contributed by atoms with Crippen LogP contribution in [0.3, 0.4) is 0 Å². The summed E-state index contributed by atoms with van der Waals surface area (Å²) in [5, 5.41) is 0.685. The molecule has 0 spiro atoms. The van der Waals surface area contributed by atoms with Crippen LogP contribution in [-0.2, 0) is 4.79 Å². The van der Waals surface area contributed by atoms with Crippen molar-refractivity contribution < 1.29 is 9.59 Å². The summed E-state index contributed by atoms with van der Waals surface area (Å²) in [5.74, 6) is -0.261. The van der Waals surface area contributed by atoms with E-state index in [1.54, 1.807) is 24.7 Å². The molecule has 6 heteroatoms. The molecule has 0 unspecified atom stereocenters. The van der Waals surface area contributed by atoms with Crippen LogP contribution in [0, 0.1) is 0 Å². The largest absolute Gasteiger partial charge is 0.360 e. The van der Waals surface area contributed by atoms with Crippen LogP contribution in [0.25, 0.3) is 17.0 Å². The molecule has 2 amide bonds. The van der Waals surface area contributed by atoms with Gasteiger partial charge in [0.2, 0.25) is 0 Å². The van der Waals surface area contributed by atoms with Crippen LogP contribution in [0.5, 0.6) is 0 Å². The van der Waals surface area contributed by atoms with Gasteiger partial charge in [0.1, 0.15) is 0 Å². The number of carbonyl (C=O) groups is 2. The second kappa shape index (κ2) is 3.99. The molecule has 1 aliphatic rings. The van der Waals surface area contributed by atoms with Crippen LogP contribution < -0.4 is 0 Å². The van der Waals surface area contributed by atoms with Crippen molar-refractivity contribution in [3.63, 3.8) is 0 Å². The predicted octanol–water partition coefficient (Wildman–Crippen LogP) is 2.23. The van der Waals surface area contributed by atoms with Crippen LogP contribution >= 0.6 is 11.8 Å². The lowest BCUT2D eigenvalue weighted by atomic mass is 10.2. The molecular weight excluding hydrogens is 250 g/mol. The van der Waals surface area contributed by atoms with Crippen molar-refractivity contribution in [3.05, 3.63) is 35.1 Å². The number of hydrogen-bond acceptors (Lipinski definition) is 4. The molecule has 5 nitrogen and oxygen atoms in total. The second-order valence-corrected chi connectivity index (χ2v) is 4.90. The molecule has 1 fully saturated rings. The summed E-state index contributed by atoms with van der Waals surface area (Å²) >= 11 is 0.953. The highest BCUT2D eigenvalue weighted by Gasteiger charge is 2.31. The average molecular weight is 259 g/mol. The summed E-state index contributed by atoms with van der Waals surface area (Å²) in [7, 11) is 1.48. The minimum Gasteiger partial charge on any atom is -0.360 e. The first-order valence-electron chi connectivity index (χ1n) is 5.29. The Hall–Kier alpha value is -2.08. The zero-order chi connectivity index (χ0) is 12.7. The molecule has 1 aliphatic heterocycles. The number of fused-ring (bicyclic) bond motifs is 1. The van der Waals surface area contributed by atoms with Gasteiger partial charge in [-0.05, 0) is 23.9 Å². The number of aromatic amines is 1. The normalized spacial score (nSPS) is 18.3. The van der Waals surface area contributed by atoms with Gasteiger partial charge in [0.15, 0.2) is 0 Å². The fourth-order valence-corrected chi connectivity index (χ4v) is 2.61. The van der Waals surface area contributed by atoms with Crippen LogP contribution in [0.4, 0.5) is 4.79 Å². The summed E-state index contributed by atoms with van der Waals surface area (Å²) in [6.45, 7) is 0. The van der Waals surface area contributed by atoms with Gasteiger partial charge in [-0.15, -0.1) is 0 Å². The number of likely N-dealkylation sites (N-methyl/N-ethyl adjacent to an activating group) is 1. The summed E-state index contributed by atoms with van der Waals surface area (Å²) < 4.78 is 0. The number of carbonyl (C=O) groups excluding carboxylic acids is 2. The molecule has 1 saturated heterocycles. The van der Waals surface area contributed by atoms with Gasteiger partial charge in [0.25, 0.3) is 11.1 Å². The topological polar surface area (TPSA) is 66.1 Å². The third-order valence-electron chi connectivity index (χ3n) is 2.79. The van der Waals surface area contributed by atoms with Gasteiger partial charge >= 0.3 is 0 Å². The smallest absolute Gasteiger partial charge is 0.293 e. The highest BCUT2D eigenvalue weighted by molar-refractivity contribution is 8.18. The van der Waals surface area contributed by atoms with E-state index in [-0.39, 0.29) is 11.1 Å². The van der Waals surface area contributed by atoms with Gasteiger partial charge in [0, 0.05) is 42.1 Å². The fourth-order valence-electron chi connectivity index (χ4n) is 1.79. The Morgan fingerprint density at radius 3 is 3.00 bits per heavy atom. The summed E-state index contributed by atoms with van der Waals surface area (Å²) in [6.07, 6.45) is 6.95. The Bertz CT molecular complexity index is 689. The van der Waals surface area contributed by atoms with Crippen LogP contribution in [0.2, 0.25) is 0 Å². The maximum Gasteiger partial charge on any atom is 0.293 e. The average Bonchev–Trinajstić information content (AvgIpc) is 2.89. The molecule has 0 radical (unpaired) electrons. The number of hydrogen-bond donors (Lipinski definition) is 1. The molecule has 0 aliphatic carbocycles. The zero-order valence-corrected chi connectivity index (χ0v) is 10.3. The Morgan fingerprint density at radius 1 is 1.44 bits per heavy atom. The highest BCUT2D eigenvalue weighted by Crippen LogP contribution is 2.32. The van der Waals surface area contributed by atoms with Crippen LogP contribution in [0.15, 0.2) is 29.6 Å². The van der Waals surface area contributed by atoms with E-state index >= 15 is 0 Å². The lowest BCUT2D eigenvalue weighted by molar-refractivity contribution is -0.121. The molecule has 0 bridgehead atoms.